The molecule has 0 N–H and O–H groups in total. The summed E-state index contributed by atoms with van der Waals surface area (Å²) in [4.78, 5) is 13.5. The molecule has 0 saturated heterocycles. The zero-order valence-corrected chi connectivity index (χ0v) is 28.3. The molecule has 4 nitrogen and oxygen atoms in total. The van der Waals surface area contributed by atoms with Crippen molar-refractivity contribution in [2.45, 2.75) is 84.4 Å². The number of esters is 1. The van der Waals surface area contributed by atoms with Gasteiger partial charge in [0.05, 0.1) is 11.6 Å². The summed E-state index contributed by atoms with van der Waals surface area (Å²) in [6.45, 7) is 14.0. The van der Waals surface area contributed by atoms with Crippen molar-refractivity contribution in [2.75, 3.05) is 6.61 Å². The van der Waals surface area contributed by atoms with E-state index >= 15 is 0 Å². The third-order valence-electron chi connectivity index (χ3n) is 7.98. The third kappa shape index (κ3) is 8.18. The quantitative estimate of drug-likeness (QED) is 0.0644. The van der Waals surface area contributed by atoms with E-state index in [1.165, 1.54) is 43.4 Å². The highest BCUT2D eigenvalue weighted by Gasteiger charge is 2.39. The first-order valence-electron chi connectivity index (χ1n) is 14.9. The van der Waals surface area contributed by atoms with Crippen LogP contribution in [0.4, 0.5) is 0 Å². The van der Waals surface area contributed by atoms with E-state index in [1.54, 1.807) is 0 Å². The second-order valence-electron chi connectivity index (χ2n) is 12.3. The molecular weight excluding hydrogens is 580 g/mol. The van der Waals surface area contributed by atoms with Crippen LogP contribution in [-0.2, 0) is 0 Å². The van der Waals surface area contributed by atoms with Crippen molar-refractivity contribution < 1.29 is 18.7 Å². The van der Waals surface area contributed by atoms with Gasteiger partial charge in [-0.05, 0) is 78.1 Å². The Bertz CT molecular complexity index is 1470. The monoisotopic (exact) mass is 622 g/mol. The lowest BCUT2D eigenvalue weighted by atomic mass is 10.1. The van der Waals surface area contributed by atoms with Crippen LogP contribution < -0.4 is 13.9 Å². The average Bonchev–Trinajstić information content (AvgIpc) is 3.28. The number of carbonyl (C=O) groups is 1. The SMILES string of the molecule is CCCCCCCCOc1ccc(-c2ccc(OC(=O)c3sc4ccc(O[Si](C)(C)C(C)(C)C)cc4c3Cl)cc2)cc1. The molecule has 0 spiro atoms. The molecule has 0 aliphatic rings. The van der Waals surface area contributed by atoms with Crippen molar-refractivity contribution >= 4 is 47.3 Å². The molecule has 0 amide bonds. The summed E-state index contributed by atoms with van der Waals surface area (Å²) >= 11 is 8.02. The molecule has 0 aliphatic heterocycles. The normalized spacial score (nSPS) is 12.0. The minimum Gasteiger partial charge on any atom is -0.543 e. The van der Waals surface area contributed by atoms with E-state index in [0.29, 0.717) is 15.6 Å². The van der Waals surface area contributed by atoms with Crippen molar-refractivity contribution in [3.05, 3.63) is 76.6 Å². The highest BCUT2D eigenvalue weighted by atomic mass is 35.5. The van der Waals surface area contributed by atoms with Gasteiger partial charge in [0.25, 0.3) is 0 Å². The Morgan fingerprint density at radius 2 is 1.38 bits per heavy atom. The molecule has 0 atom stereocenters. The smallest absolute Gasteiger partial charge is 0.355 e. The fourth-order valence-electron chi connectivity index (χ4n) is 4.37. The number of unbranched alkanes of at least 4 members (excludes halogenated alkanes) is 5. The summed E-state index contributed by atoms with van der Waals surface area (Å²) in [6.07, 6.45) is 7.50. The fraction of sp³-hybridized carbons (Fsp3) is 0.400. The number of halogens is 1. The Hall–Kier alpha value is -2.80. The molecule has 0 aliphatic carbocycles. The number of fused-ring (bicyclic) bond motifs is 1. The summed E-state index contributed by atoms with van der Waals surface area (Å²) < 4.78 is 19.0. The van der Waals surface area contributed by atoms with Crippen molar-refractivity contribution in [2.24, 2.45) is 0 Å². The summed E-state index contributed by atoms with van der Waals surface area (Å²) in [5.74, 6) is 1.67. The Balaban J connectivity index is 1.35. The van der Waals surface area contributed by atoms with Gasteiger partial charge in [-0.1, -0.05) is 95.7 Å². The minimum absolute atomic E-state index is 0.0791. The predicted molar refractivity (Wildman–Crippen MR) is 180 cm³/mol. The van der Waals surface area contributed by atoms with Crippen LogP contribution >= 0.6 is 22.9 Å². The molecule has 42 heavy (non-hydrogen) atoms. The van der Waals surface area contributed by atoms with Gasteiger partial charge >= 0.3 is 5.97 Å². The Morgan fingerprint density at radius 1 is 0.810 bits per heavy atom. The lowest BCUT2D eigenvalue weighted by Gasteiger charge is -2.36. The molecule has 0 radical (unpaired) electrons. The summed E-state index contributed by atoms with van der Waals surface area (Å²) in [5, 5.41) is 1.28. The molecule has 0 saturated carbocycles. The lowest BCUT2D eigenvalue weighted by Crippen LogP contribution is -2.43. The van der Waals surface area contributed by atoms with Crippen LogP contribution in [0, 0.1) is 0 Å². The van der Waals surface area contributed by atoms with Crippen LogP contribution in [0.2, 0.25) is 23.2 Å². The van der Waals surface area contributed by atoms with E-state index in [-0.39, 0.29) is 5.04 Å². The number of carbonyl (C=O) groups excluding carboxylic acids is 1. The van der Waals surface area contributed by atoms with Gasteiger partial charge in [-0.25, -0.2) is 4.79 Å². The molecule has 3 aromatic carbocycles. The molecular formula is C35H43ClO4SSi. The number of thiophene rings is 1. The fourth-order valence-corrected chi connectivity index (χ4v) is 6.75. The van der Waals surface area contributed by atoms with Crippen LogP contribution in [0.1, 0.15) is 75.9 Å². The largest absolute Gasteiger partial charge is 0.543 e. The van der Waals surface area contributed by atoms with Gasteiger partial charge in [-0.3, -0.25) is 0 Å². The second-order valence-corrected chi connectivity index (χ2v) is 18.5. The van der Waals surface area contributed by atoms with Crippen molar-refractivity contribution in [1.29, 1.82) is 0 Å². The highest BCUT2D eigenvalue weighted by Crippen LogP contribution is 2.41. The molecule has 0 unspecified atom stereocenters. The Labute approximate surface area is 261 Å². The van der Waals surface area contributed by atoms with Crippen molar-refractivity contribution in [3.8, 4) is 28.4 Å². The van der Waals surface area contributed by atoms with Gasteiger partial charge in [0.15, 0.2) is 0 Å². The lowest BCUT2D eigenvalue weighted by molar-refractivity contribution is 0.0740. The maximum absolute atomic E-state index is 13.1. The van der Waals surface area contributed by atoms with Gasteiger partial charge in [0.2, 0.25) is 8.32 Å². The van der Waals surface area contributed by atoms with Crippen LogP contribution in [0.5, 0.6) is 17.2 Å². The summed E-state index contributed by atoms with van der Waals surface area (Å²) in [7, 11) is -2.00. The van der Waals surface area contributed by atoms with Crippen molar-refractivity contribution in [1.82, 2.24) is 0 Å². The van der Waals surface area contributed by atoms with E-state index in [2.05, 4.69) is 52.9 Å². The molecule has 0 fully saturated rings. The summed E-state index contributed by atoms with van der Waals surface area (Å²) in [5.41, 5.74) is 2.11. The first-order chi connectivity index (χ1) is 20.0. The first-order valence-corrected chi connectivity index (χ1v) is 19.1. The number of ether oxygens (including phenoxy) is 2. The minimum atomic E-state index is -2.00. The zero-order valence-electron chi connectivity index (χ0n) is 25.7. The number of rotatable bonds is 13. The Kier molecular flexibility index (Phi) is 10.8. The molecule has 4 aromatic rings. The van der Waals surface area contributed by atoms with Crippen LogP contribution in [-0.4, -0.2) is 20.9 Å². The predicted octanol–water partition coefficient (Wildman–Crippen LogP) is 11.6. The van der Waals surface area contributed by atoms with E-state index in [9.17, 15) is 4.79 Å². The number of hydrogen-bond acceptors (Lipinski definition) is 5. The maximum Gasteiger partial charge on any atom is 0.355 e. The standard InChI is InChI=1S/C35H43ClO4SSi/c1-7-8-9-10-11-12-23-38-27-17-13-25(14-18-27)26-15-19-28(20-16-26)39-34(37)33-32(36)30-24-29(21-22-31(30)41-33)40-42(5,6)35(2,3)4/h13-22,24H,7-12,23H2,1-6H3. The van der Waals surface area contributed by atoms with E-state index in [0.717, 1.165) is 45.7 Å². The second kappa shape index (κ2) is 14.1. The van der Waals surface area contributed by atoms with Gasteiger partial charge in [0.1, 0.15) is 22.1 Å². The third-order valence-corrected chi connectivity index (χ3v) is 14.0. The van der Waals surface area contributed by atoms with Crippen molar-refractivity contribution in [3.63, 3.8) is 0 Å². The van der Waals surface area contributed by atoms with Crippen LogP contribution in [0.15, 0.2) is 66.7 Å². The van der Waals surface area contributed by atoms with E-state index in [4.69, 9.17) is 25.5 Å². The topological polar surface area (TPSA) is 44.8 Å². The highest BCUT2D eigenvalue weighted by molar-refractivity contribution is 7.21. The number of benzene rings is 3. The average molecular weight is 623 g/mol. The number of hydrogen-bond donors (Lipinski definition) is 0. The maximum atomic E-state index is 13.1. The molecule has 224 valence electrons. The summed E-state index contributed by atoms with van der Waals surface area (Å²) in [6, 6.07) is 21.5. The molecule has 0 bridgehead atoms. The zero-order chi connectivity index (χ0) is 30.3. The van der Waals surface area contributed by atoms with Gasteiger partial charge in [-0.15, -0.1) is 11.3 Å². The van der Waals surface area contributed by atoms with E-state index in [1.807, 2.05) is 54.6 Å². The van der Waals surface area contributed by atoms with E-state index < -0.39 is 14.3 Å². The van der Waals surface area contributed by atoms with Gasteiger partial charge in [-0.2, -0.15) is 0 Å². The van der Waals surface area contributed by atoms with Gasteiger partial charge < -0.3 is 13.9 Å². The van der Waals surface area contributed by atoms with Gasteiger partial charge in [0, 0.05) is 10.1 Å². The molecule has 1 aromatic heterocycles. The molecule has 7 heteroatoms. The first kappa shape index (κ1) is 32.1. The molecule has 4 rings (SSSR count). The van der Waals surface area contributed by atoms with Crippen LogP contribution in [0.3, 0.4) is 0 Å². The molecule has 1 heterocycles. The Morgan fingerprint density at radius 3 is 2.00 bits per heavy atom. The van der Waals surface area contributed by atoms with Crippen LogP contribution in [0.25, 0.3) is 21.2 Å².